The summed E-state index contributed by atoms with van der Waals surface area (Å²) < 4.78 is 0.907. The van der Waals surface area contributed by atoms with Gasteiger partial charge in [-0.1, -0.05) is 19.3 Å². The predicted octanol–water partition coefficient (Wildman–Crippen LogP) is 2.84. The van der Waals surface area contributed by atoms with Gasteiger partial charge < -0.3 is 10.6 Å². The quantitative estimate of drug-likeness (QED) is 0.932. The number of aromatic nitrogens is 2. The molecular formula is C12H19BrN4. The van der Waals surface area contributed by atoms with Gasteiger partial charge in [-0.3, -0.25) is 0 Å². The summed E-state index contributed by atoms with van der Waals surface area (Å²) >= 11 is 3.47. The van der Waals surface area contributed by atoms with Gasteiger partial charge in [0.15, 0.2) is 0 Å². The fraction of sp³-hybridized carbons (Fsp3) is 0.667. The highest BCUT2D eigenvalue weighted by Crippen LogP contribution is 2.28. The van der Waals surface area contributed by atoms with E-state index in [-0.39, 0.29) is 0 Å². The van der Waals surface area contributed by atoms with Crippen molar-refractivity contribution in [1.82, 2.24) is 9.97 Å². The molecule has 4 nitrogen and oxygen atoms in total. The van der Waals surface area contributed by atoms with Crippen LogP contribution in [0.5, 0.6) is 0 Å². The molecular weight excluding hydrogens is 280 g/mol. The molecule has 1 aromatic rings. The zero-order valence-electron chi connectivity index (χ0n) is 10.2. The third kappa shape index (κ3) is 3.31. The van der Waals surface area contributed by atoms with Crippen LogP contribution in [0.3, 0.4) is 0 Å². The second kappa shape index (κ2) is 5.67. The van der Waals surface area contributed by atoms with E-state index in [0.29, 0.717) is 5.95 Å². The van der Waals surface area contributed by atoms with Crippen molar-refractivity contribution < 1.29 is 0 Å². The lowest BCUT2D eigenvalue weighted by Gasteiger charge is -2.28. The van der Waals surface area contributed by atoms with Gasteiger partial charge >= 0.3 is 0 Å². The summed E-state index contributed by atoms with van der Waals surface area (Å²) in [5.41, 5.74) is 5.63. The Kier molecular flexibility index (Phi) is 4.20. The normalized spacial score (nSPS) is 17.1. The number of rotatable bonds is 3. The van der Waals surface area contributed by atoms with E-state index < -0.39 is 0 Å². The van der Waals surface area contributed by atoms with Gasteiger partial charge in [0.05, 0.1) is 4.47 Å². The molecule has 1 aromatic heterocycles. The van der Waals surface area contributed by atoms with Gasteiger partial charge in [-0.05, 0) is 34.7 Å². The monoisotopic (exact) mass is 298 g/mol. The highest BCUT2D eigenvalue weighted by molar-refractivity contribution is 9.10. The van der Waals surface area contributed by atoms with Crippen molar-refractivity contribution in [1.29, 1.82) is 0 Å². The Bertz CT molecular complexity index is 377. The average Bonchev–Trinajstić information content (AvgIpc) is 2.33. The Balaban J connectivity index is 2.02. The molecule has 17 heavy (non-hydrogen) atoms. The maximum atomic E-state index is 5.63. The fourth-order valence-electron chi connectivity index (χ4n) is 2.48. The van der Waals surface area contributed by atoms with Gasteiger partial charge in [0, 0.05) is 19.8 Å². The molecule has 1 saturated carbocycles. The largest absolute Gasteiger partial charge is 0.368 e. The number of nitrogens with two attached hydrogens (primary N) is 1. The zero-order valence-corrected chi connectivity index (χ0v) is 11.8. The Hall–Kier alpha value is -0.840. The lowest BCUT2D eigenvalue weighted by atomic mass is 9.89. The van der Waals surface area contributed by atoms with E-state index in [1.807, 2.05) is 0 Å². The maximum Gasteiger partial charge on any atom is 0.222 e. The Morgan fingerprint density at radius 1 is 1.41 bits per heavy atom. The van der Waals surface area contributed by atoms with Crippen molar-refractivity contribution in [3.05, 3.63) is 10.7 Å². The van der Waals surface area contributed by atoms with E-state index in [2.05, 4.69) is 37.8 Å². The van der Waals surface area contributed by atoms with Crippen molar-refractivity contribution >= 4 is 27.7 Å². The molecule has 5 heteroatoms. The molecule has 0 amide bonds. The molecule has 1 aliphatic carbocycles. The maximum absolute atomic E-state index is 5.63. The second-order valence-electron chi connectivity index (χ2n) is 4.78. The highest BCUT2D eigenvalue weighted by atomic mass is 79.9. The molecule has 0 spiro atoms. The summed E-state index contributed by atoms with van der Waals surface area (Å²) in [6, 6.07) is 0. The van der Waals surface area contributed by atoms with Crippen molar-refractivity contribution in [3.63, 3.8) is 0 Å². The summed E-state index contributed by atoms with van der Waals surface area (Å²) in [7, 11) is 2.07. The third-order valence-corrected chi connectivity index (χ3v) is 3.92. The van der Waals surface area contributed by atoms with Gasteiger partial charge in [-0.15, -0.1) is 0 Å². The molecule has 2 rings (SSSR count). The zero-order chi connectivity index (χ0) is 12.3. The molecule has 1 fully saturated rings. The third-order valence-electron chi connectivity index (χ3n) is 3.36. The van der Waals surface area contributed by atoms with Crippen LogP contribution in [-0.2, 0) is 0 Å². The van der Waals surface area contributed by atoms with E-state index in [0.717, 1.165) is 22.8 Å². The molecule has 2 N–H and O–H groups in total. The van der Waals surface area contributed by atoms with E-state index in [9.17, 15) is 0 Å². The van der Waals surface area contributed by atoms with Crippen LogP contribution in [0.1, 0.15) is 32.1 Å². The van der Waals surface area contributed by atoms with E-state index in [1.165, 1.54) is 32.1 Å². The first-order valence-corrected chi connectivity index (χ1v) is 6.95. The van der Waals surface area contributed by atoms with Gasteiger partial charge in [0.25, 0.3) is 0 Å². The van der Waals surface area contributed by atoms with Crippen LogP contribution in [0.4, 0.5) is 11.8 Å². The highest BCUT2D eigenvalue weighted by Gasteiger charge is 2.17. The fourth-order valence-corrected chi connectivity index (χ4v) is 2.98. The topological polar surface area (TPSA) is 55.0 Å². The molecule has 1 heterocycles. The average molecular weight is 299 g/mol. The van der Waals surface area contributed by atoms with Gasteiger partial charge in [0.2, 0.25) is 5.95 Å². The van der Waals surface area contributed by atoms with Gasteiger partial charge in [-0.25, -0.2) is 4.98 Å². The number of anilines is 2. The lowest BCUT2D eigenvalue weighted by molar-refractivity contribution is 0.361. The van der Waals surface area contributed by atoms with Crippen LogP contribution >= 0.6 is 15.9 Å². The van der Waals surface area contributed by atoms with Crippen LogP contribution in [0, 0.1) is 5.92 Å². The summed E-state index contributed by atoms with van der Waals surface area (Å²) in [6.45, 7) is 1.05. The number of nitrogens with zero attached hydrogens (tertiary/aromatic N) is 3. The second-order valence-corrected chi connectivity index (χ2v) is 5.64. The van der Waals surface area contributed by atoms with Gasteiger partial charge in [0.1, 0.15) is 5.82 Å². The van der Waals surface area contributed by atoms with E-state index in [4.69, 9.17) is 5.73 Å². The standard InChI is InChI=1S/C12H19BrN4/c1-17(8-9-5-3-2-4-6-9)11-10(13)7-15-12(14)16-11/h7,9H,2-6,8H2,1H3,(H2,14,15,16). The molecule has 0 unspecified atom stereocenters. The van der Waals surface area contributed by atoms with E-state index in [1.54, 1.807) is 6.20 Å². The summed E-state index contributed by atoms with van der Waals surface area (Å²) in [5, 5.41) is 0. The summed E-state index contributed by atoms with van der Waals surface area (Å²) in [5.74, 6) is 2.01. The van der Waals surface area contributed by atoms with Crippen LogP contribution in [-0.4, -0.2) is 23.6 Å². The minimum atomic E-state index is 0.332. The van der Waals surface area contributed by atoms with Crippen molar-refractivity contribution in [2.45, 2.75) is 32.1 Å². The predicted molar refractivity (Wildman–Crippen MR) is 74.0 cm³/mol. The molecule has 94 valence electrons. The smallest absolute Gasteiger partial charge is 0.222 e. The SMILES string of the molecule is CN(CC1CCCCC1)c1nc(N)ncc1Br. The molecule has 0 radical (unpaired) electrons. The molecule has 1 aliphatic rings. The number of nitrogen functional groups attached to an aromatic ring is 1. The molecule has 0 saturated heterocycles. The first-order chi connectivity index (χ1) is 8.16. The van der Waals surface area contributed by atoms with Crippen molar-refractivity contribution in [2.24, 2.45) is 5.92 Å². The van der Waals surface area contributed by atoms with Crippen LogP contribution in [0.25, 0.3) is 0 Å². The molecule has 0 bridgehead atoms. The van der Waals surface area contributed by atoms with Gasteiger partial charge in [-0.2, -0.15) is 4.98 Å². The Labute approximate surface area is 111 Å². The minimum Gasteiger partial charge on any atom is -0.368 e. The molecule has 0 atom stereocenters. The lowest BCUT2D eigenvalue weighted by Crippen LogP contribution is -2.28. The van der Waals surface area contributed by atoms with Crippen LogP contribution in [0.15, 0.2) is 10.7 Å². The molecule has 0 aromatic carbocycles. The number of hydrogen-bond acceptors (Lipinski definition) is 4. The number of hydrogen-bond donors (Lipinski definition) is 1. The summed E-state index contributed by atoms with van der Waals surface area (Å²) in [4.78, 5) is 10.4. The van der Waals surface area contributed by atoms with Crippen molar-refractivity contribution in [3.8, 4) is 0 Å². The minimum absolute atomic E-state index is 0.332. The van der Waals surface area contributed by atoms with Crippen molar-refractivity contribution in [2.75, 3.05) is 24.2 Å². The summed E-state index contributed by atoms with van der Waals surface area (Å²) in [6.07, 6.45) is 8.52. The first-order valence-electron chi connectivity index (χ1n) is 6.16. The Morgan fingerprint density at radius 2 is 2.12 bits per heavy atom. The molecule has 0 aliphatic heterocycles. The van der Waals surface area contributed by atoms with Crippen LogP contribution < -0.4 is 10.6 Å². The first kappa shape index (κ1) is 12.6. The van der Waals surface area contributed by atoms with Crippen LogP contribution in [0.2, 0.25) is 0 Å². The Morgan fingerprint density at radius 3 is 2.82 bits per heavy atom. The number of halogens is 1. The van der Waals surface area contributed by atoms with E-state index >= 15 is 0 Å².